The van der Waals surface area contributed by atoms with E-state index in [1.54, 1.807) is 0 Å². The summed E-state index contributed by atoms with van der Waals surface area (Å²) in [6.45, 7) is 0.197. The topological polar surface area (TPSA) is 104 Å². The molecular weight excluding hydrogens is 418 g/mol. The largest absolute Gasteiger partial charge is 0.390 e. The lowest BCUT2D eigenvalue weighted by atomic mass is 10.1. The van der Waals surface area contributed by atoms with Crippen LogP contribution in [-0.4, -0.2) is 17.6 Å². The highest BCUT2D eigenvalue weighted by molar-refractivity contribution is 6.12. The van der Waals surface area contributed by atoms with Gasteiger partial charge >= 0.3 is 6.03 Å². The number of imide groups is 1. The van der Waals surface area contributed by atoms with E-state index in [2.05, 4.69) is 10.5 Å². The van der Waals surface area contributed by atoms with Crippen LogP contribution in [-0.2, 0) is 11.4 Å². The molecule has 0 unspecified atom stereocenters. The van der Waals surface area contributed by atoms with Gasteiger partial charge in [0.1, 0.15) is 29.9 Å². The van der Waals surface area contributed by atoms with Gasteiger partial charge in [-0.1, -0.05) is 41.6 Å². The summed E-state index contributed by atoms with van der Waals surface area (Å²) in [5.41, 5.74) is 0.779. The van der Waals surface area contributed by atoms with Gasteiger partial charge in [0.2, 0.25) is 0 Å². The summed E-state index contributed by atoms with van der Waals surface area (Å²) >= 11 is 0. The highest BCUT2D eigenvalue weighted by Gasteiger charge is 2.19. The number of halogens is 2. The number of oxime groups is 1. The van der Waals surface area contributed by atoms with Crippen LogP contribution in [0.4, 0.5) is 19.3 Å². The SMILES string of the molecule is N#C/C(=N\OCc1ccccc1)c1ccc(NC(=O)NC(=O)c2c(F)cccc2F)cc1. The minimum Gasteiger partial charge on any atom is -0.390 e. The van der Waals surface area contributed by atoms with E-state index in [1.807, 2.05) is 41.7 Å². The molecule has 0 aliphatic rings. The Morgan fingerprint density at radius 1 is 0.938 bits per heavy atom. The molecule has 0 fully saturated rings. The number of rotatable bonds is 6. The number of anilines is 1. The van der Waals surface area contributed by atoms with Crippen molar-refractivity contribution < 1.29 is 23.2 Å². The third-order valence-corrected chi connectivity index (χ3v) is 4.17. The van der Waals surface area contributed by atoms with Crippen molar-refractivity contribution in [3.63, 3.8) is 0 Å². The lowest BCUT2D eigenvalue weighted by Crippen LogP contribution is -2.35. The zero-order chi connectivity index (χ0) is 22.9. The minimum atomic E-state index is -1.22. The average molecular weight is 434 g/mol. The predicted molar refractivity (Wildman–Crippen MR) is 113 cm³/mol. The van der Waals surface area contributed by atoms with Gasteiger partial charge in [-0.15, -0.1) is 0 Å². The number of carbonyl (C=O) groups is 2. The maximum absolute atomic E-state index is 13.6. The Morgan fingerprint density at radius 2 is 1.59 bits per heavy atom. The van der Waals surface area contributed by atoms with Crippen molar-refractivity contribution in [2.45, 2.75) is 6.61 Å². The van der Waals surface area contributed by atoms with Gasteiger partial charge in [-0.2, -0.15) is 5.26 Å². The molecule has 0 heterocycles. The van der Waals surface area contributed by atoms with Crippen LogP contribution in [0.15, 0.2) is 78.0 Å². The fraction of sp³-hybridized carbons (Fsp3) is 0.0435. The van der Waals surface area contributed by atoms with Crippen LogP contribution in [0.3, 0.4) is 0 Å². The summed E-state index contributed by atoms with van der Waals surface area (Å²) in [5.74, 6) is -3.39. The molecule has 9 heteroatoms. The fourth-order valence-electron chi connectivity index (χ4n) is 2.64. The number of urea groups is 1. The second-order valence-electron chi connectivity index (χ2n) is 6.39. The summed E-state index contributed by atoms with van der Waals surface area (Å²) in [4.78, 5) is 29.2. The van der Waals surface area contributed by atoms with Crippen LogP contribution in [0, 0.1) is 23.0 Å². The van der Waals surface area contributed by atoms with Gasteiger partial charge in [0.15, 0.2) is 5.71 Å². The van der Waals surface area contributed by atoms with E-state index >= 15 is 0 Å². The Kier molecular flexibility index (Phi) is 7.22. The van der Waals surface area contributed by atoms with Gasteiger partial charge in [0.05, 0.1) is 0 Å². The first-order valence-electron chi connectivity index (χ1n) is 9.28. The zero-order valence-electron chi connectivity index (χ0n) is 16.5. The minimum absolute atomic E-state index is 0.0298. The molecule has 2 N–H and O–H groups in total. The second kappa shape index (κ2) is 10.4. The van der Waals surface area contributed by atoms with E-state index in [-0.39, 0.29) is 18.0 Å². The zero-order valence-corrected chi connectivity index (χ0v) is 16.5. The van der Waals surface area contributed by atoms with Crippen LogP contribution in [0.25, 0.3) is 0 Å². The van der Waals surface area contributed by atoms with Crippen LogP contribution in [0.5, 0.6) is 0 Å². The Labute approximate surface area is 181 Å². The van der Waals surface area contributed by atoms with Crippen molar-refractivity contribution in [2.24, 2.45) is 5.16 Å². The number of hydrogen-bond acceptors (Lipinski definition) is 5. The monoisotopic (exact) mass is 434 g/mol. The number of amides is 3. The quantitative estimate of drug-likeness (QED) is 0.444. The Bertz CT molecular complexity index is 1170. The van der Waals surface area contributed by atoms with E-state index in [0.717, 1.165) is 23.8 Å². The molecule has 0 atom stereocenters. The molecule has 0 aliphatic carbocycles. The number of nitrogens with zero attached hydrogens (tertiary/aromatic N) is 2. The number of benzene rings is 3. The lowest BCUT2D eigenvalue weighted by Gasteiger charge is -2.08. The fourth-order valence-corrected chi connectivity index (χ4v) is 2.64. The smallest absolute Gasteiger partial charge is 0.326 e. The highest BCUT2D eigenvalue weighted by atomic mass is 19.1. The van der Waals surface area contributed by atoms with E-state index in [4.69, 9.17) is 4.84 Å². The summed E-state index contributed by atoms with van der Waals surface area (Å²) in [6, 6.07) is 19.1. The van der Waals surface area contributed by atoms with Crippen LogP contribution in [0.2, 0.25) is 0 Å². The first-order valence-corrected chi connectivity index (χ1v) is 9.28. The van der Waals surface area contributed by atoms with Crippen LogP contribution in [0.1, 0.15) is 21.5 Å². The molecule has 0 aromatic heterocycles. The standard InChI is InChI=1S/C23H16F2N4O3/c24-18-7-4-8-19(25)21(18)22(30)28-23(31)27-17-11-9-16(10-12-17)20(13-26)29-32-14-15-5-2-1-3-6-15/h1-12H,14H2,(H2,27,28,30,31)/b29-20+. The summed E-state index contributed by atoms with van der Waals surface area (Å²) in [5, 5.41) is 17.3. The van der Waals surface area contributed by atoms with Crippen LogP contribution >= 0.6 is 0 Å². The second-order valence-corrected chi connectivity index (χ2v) is 6.39. The van der Waals surface area contributed by atoms with Crippen molar-refractivity contribution in [3.8, 4) is 6.07 Å². The molecule has 0 spiro atoms. The lowest BCUT2D eigenvalue weighted by molar-refractivity contribution is 0.0959. The molecule has 0 radical (unpaired) electrons. The number of carbonyl (C=O) groups excluding carboxylic acids is 2. The van der Waals surface area contributed by atoms with Gasteiger partial charge in [0.25, 0.3) is 5.91 Å². The van der Waals surface area contributed by atoms with E-state index in [0.29, 0.717) is 5.56 Å². The average Bonchev–Trinajstić information content (AvgIpc) is 2.78. The molecule has 0 saturated carbocycles. The predicted octanol–water partition coefficient (Wildman–Crippen LogP) is 4.37. The summed E-state index contributed by atoms with van der Waals surface area (Å²) in [6.07, 6.45) is 0. The third-order valence-electron chi connectivity index (χ3n) is 4.17. The van der Waals surface area contributed by atoms with Crippen molar-refractivity contribution in [2.75, 3.05) is 5.32 Å². The first-order chi connectivity index (χ1) is 15.5. The highest BCUT2D eigenvalue weighted by Crippen LogP contribution is 2.13. The van der Waals surface area contributed by atoms with Gasteiger partial charge in [-0.3, -0.25) is 10.1 Å². The third kappa shape index (κ3) is 5.73. The Balaban J connectivity index is 1.59. The normalized spacial score (nSPS) is 10.7. The molecule has 0 aliphatic heterocycles. The Hall–Kier alpha value is -4.58. The van der Waals surface area contributed by atoms with E-state index in [9.17, 15) is 23.6 Å². The van der Waals surface area contributed by atoms with Gasteiger partial charge in [-0.25, -0.2) is 13.6 Å². The van der Waals surface area contributed by atoms with Crippen LogP contribution < -0.4 is 10.6 Å². The van der Waals surface area contributed by atoms with Gasteiger partial charge in [-0.05, 0) is 42.0 Å². The molecular formula is C23H16F2N4O3. The Morgan fingerprint density at radius 3 is 2.22 bits per heavy atom. The summed E-state index contributed by atoms with van der Waals surface area (Å²) in [7, 11) is 0. The molecule has 3 amide bonds. The van der Waals surface area contributed by atoms with Crippen molar-refractivity contribution in [1.82, 2.24) is 5.32 Å². The summed E-state index contributed by atoms with van der Waals surface area (Å²) < 4.78 is 27.3. The number of nitriles is 1. The van der Waals surface area contributed by atoms with E-state index in [1.165, 1.54) is 24.3 Å². The van der Waals surface area contributed by atoms with Gasteiger partial charge < -0.3 is 10.2 Å². The molecule has 7 nitrogen and oxygen atoms in total. The molecule has 0 bridgehead atoms. The molecule has 160 valence electrons. The van der Waals surface area contributed by atoms with Gasteiger partial charge in [0, 0.05) is 11.3 Å². The number of hydrogen-bond donors (Lipinski definition) is 2. The number of nitrogens with one attached hydrogen (secondary N) is 2. The van der Waals surface area contributed by atoms with Crippen molar-refractivity contribution in [3.05, 3.63) is 101 Å². The molecule has 3 aromatic carbocycles. The molecule has 3 aromatic rings. The first kappa shape index (κ1) is 22.1. The van der Waals surface area contributed by atoms with Crippen molar-refractivity contribution >= 4 is 23.3 Å². The van der Waals surface area contributed by atoms with E-state index < -0.39 is 29.1 Å². The maximum Gasteiger partial charge on any atom is 0.326 e. The maximum atomic E-state index is 13.6. The van der Waals surface area contributed by atoms with Crippen molar-refractivity contribution in [1.29, 1.82) is 5.26 Å². The molecule has 3 rings (SSSR count). The molecule has 32 heavy (non-hydrogen) atoms. The molecule has 0 saturated heterocycles.